The first kappa shape index (κ1) is 15.8. The van der Waals surface area contributed by atoms with Gasteiger partial charge in [0.1, 0.15) is 11.9 Å². The Balaban J connectivity index is 1.85. The van der Waals surface area contributed by atoms with E-state index in [-0.39, 0.29) is 0 Å². The Bertz CT molecular complexity index is 878. The van der Waals surface area contributed by atoms with Crippen LogP contribution in [0.5, 0.6) is 5.75 Å². The van der Waals surface area contributed by atoms with Gasteiger partial charge in [-0.2, -0.15) is 5.10 Å². The van der Waals surface area contributed by atoms with Crippen LogP contribution in [0.4, 0.5) is 0 Å². The number of aromatic amines is 2. The van der Waals surface area contributed by atoms with Crippen LogP contribution in [-0.2, 0) is 0 Å². The maximum absolute atomic E-state index is 10.1. The largest absolute Gasteiger partial charge is 0.487 e. The number of hydrogen-bond donors (Lipinski definition) is 4. The molecule has 0 aliphatic heterocycles. The molecule has 8 heteroatoms. The topological polar surface area (TPSA) is 94.2 Å². The lowest BCUT2D eigenvalue weighted by atomic mass is 10.1. The van der Waals surface area contributed by atoms with E-state index in [1.165, 1.54) is 0 Å². The van der Waals surface area contributed by atoms with Gasteiger partial charge in [-0.05, 0) is 0 Å². The minimum absolute atomic E-state index is 0.302. The van der Waals surface area contributed by atoms with Gasteiger partial charge in [-0.3, -0.25) is 5.10 Å². The van der Waals surface area contributed by atoms with Gasteiger partial charge in [-0.25, -0.2) is 0 Å². The summed E-state index contributed by atoms with van der Waals surface area (Å²) in [6, 6.07) is 1.64. The smallest absolute Gasteiger partial charge is 0.131 e. The van der Waals surface area contributed by atoms with Crippen molar-refractivity contribution in [3.05, 3.63) is 34.7 Å². The summed E-state index contributed by atoms with van der Waals surface area (Å²) in [5.74, 6) is 0.509. The first-order valence-corrected chi connectivity index (χ1v) is 8.31. The number of ether oxygens (including phenoxy) is 1. The molecule has 1 aliphatic rings. The van der Waals surface area contributed by atoms with E-state index >= 15 is 0 Å². The third kappa shape index (κ3) is 2.56. The molecule has 0 bridgehead atoms. The average molecular weight is 368 g/mol. The average Bonchev–Trinajstić information content (AvgIpc) is 3.24. The molecule has 1 fully saturated rings. The summed E-state index contributed by atoms with van der Waals surface area (Å²) in [6.45, 7) is 0. The Labute approximate surface area is 147 Å². The number of rotatable bonds is 3. The molecular weight excluding hydrogens is 353 g/mol. The van der Waals surface area contributed by atoms with Crippen LogP contribution in [0.3, 0.4) is 0 Å². The lowest BCUT2D eigenvalue weighted by Gasteiger charge is -2.18. The van der Waals surface area contributed by atoms with Crippen molar-refractivity contribution in [2.75, 3.05) is 0 Å². The van der Waals surface area contributed by atoms with Gasteiger partial charge in [-0.1, -0.05) is 23.2 Å². The number of aliphatic hydroxyl groups excluding tert-OH is 2. The summed E-state index contributed by atoms with van der Waals surface area (Å²) in [7, 11) is 0. The summed E-state index contributed by atoms with van der Waals surface area (Å²) in [4.78, 5) is 3.12. The van der Waals surface area contributed by atoms with Crippen LogP contribution < -0.4 is 4.74 Å². The van der Waals surface area contributed by atoms with E-state index in [0.717, 1.165) is 16.5 Å². The quantitative estimate of drug-likeness (QED) is 0.571. The molecule has 3 atom stereocenters. The Kier molecular flexibility index (Phi) is 3.92. The summed E-state index contributed by atoms with van der Waals surface area (Å²) in [5.41, 5.74) is 2.39. The van der Waals surface area contributed by atoms with Crippen molar-refractivity contribution in [3.63, 3.8) is 0 Å². The van der Waals surface area contributed by atoms with Crippen molar-refractivity contribution in [2.45, 2.75) is 31.2 Å². The first-order valence-electron chi connectivity index (χ1n) is 7.55. The number of aliphatic hydroxyl groups is 2. The van der Waals surface area contributed by atoms with Crippen LogP contribution in [-0.4, -0.2) is 43.7 Å². The zero-order valence-electron chi connectivity index (χ0n) is 12.5. The van der Waals surface area contributed by atoms with E-state index in [1.54, 1.807) is 18.5 Å². The molecule has 3 unspecified atom stereocenters. The fourth-order valence-corrected chi connectivity index (χ4v) is 3.58. The van der Waals surface area contributed by atoms with Crippen molar-refractivity contribution in [1.29, 1.82) is 0 Å². The van der Waals surface area contributed by atoms with Gasteiger partial charge in [0.15, 0.2) is 0 Å². The van der Waals surface area contributed by atoms with Gasteiger partial charge in [0.25, 0.3) is 0 Å². The van der Waals surface area contributed by atoms with Crippen LogP contribution in [0.15, 0.2) is 24.7 Å². The molecule has 4 rings (SSSR count). The number of aromatic nitrogens is 3. The summed E-state index contributed by atoms with van der Waals surface area (Å²) >= 11 is 12.5. The van der Waals surface area contributed by atoms with Gasteiger partial charge in [0.2, 0.25) is 0 Å². The van der Waals surface area contributed by atoms with E-state index in [4.69, 9.17) is 27.9 Å². The van der Waals surface area contributed by atoms with Crippen LogP contribution >= 0.6 is 23.2 Å². The van der Waals surface area contributed by atoms with Crippen molar-refractivity contribution in [1.82, 2.24) is 15.2 Å². The fraction of sp³-hybridized carbons (Fsp3) is 0.312. The molecule has 0 radical (unpaired) electrons. The van der Waals surface area contributed by atoms with Gasteiger partial charge >= 0.3 is 0 Å². The number of H-pyrrole nitrogens is 2. The lowest BCUT2D eigenvalue weighted by Crippen LogP contribution is -2.25. The molecule has 3 aromatic rings. The Hall–Kier alpha value is -1.73. The third-order valence-corrected chi connectivity index (χ3v) is 5.14. The lowest BCUT2D eigenvalue weighted by molar-refractivity contribution is 0.0613. The molecule has 1 aromatic carbocycles. The molecule has 1 saturated carbocycles. The van der Waals surface area contributed by atoms with Crippen molar-refractivity contribution in [2.24, 2.45) is 0 Å². The zero-order valence-corrected chi connectivity index (χ0v) is 14.0. The van der Waals surface area contributed by atoms with Gasteiger partial charge in [0, 0.05) is 42.4 Å². The fourth-order valence-electron chi connectivity index (χ4n) is 3.18. The number of hydrogen-bond acceptors (Lipinski definition) is 4. The van der Waals surface area contributed by atoms with E-state index in [1.807, 2.05) is 6.20 Å². The molecule has 4 N–H and O–H groups in total. The maximum Gasteiger partial charge on any atom is 0.131 e. The van der Waals surface area contributed by atoms with E-state index in [2.05, 4.69) is 15.2 Å². The number of fused-ring (bicyclic) bond motifs is 1. The molecule has 2 aromatic heterocycles. The Morgan fingerprint density at radius 1 is 1.21 bits per heavy atom. The Morgan fingerprint density at radius 2 is 2.04 bits per heavy atom. The van der Waals surface area contributed by atoms with Crippen LogP contribution in [0, 0.1) is 0 Å². The molecular formula is C16H15Cl2N3O3. The summed E-state index contributed by atoms with van der Waals surface area (Å²) in [5, 5.41) is 28.0. The van der Waals surface area contributed by atoms with Crippen molar-refractivity contribution < 1.29 is 14.9 Å². The van der Waals surface area contributed by atoms with Crippen LogP contribution in [0.2, 0.25) is 10.0 Å². The molecule has 0 amide bonds. The zero-order chi connectivity index (χ0) is 16.8. The van der Waals surface area contributed by atoms with E-state index in [0.29, 0.717) is 34.2 Å². The highest BCUT2D eigenvalue weighted by Crippen LogP contribution is 2.43. The maximum atomic E-state index is 10.1. The van der Waals surface area contributed by atoms with Crippen molar-refractivity contribution >= 4 is 34.1 Å². The number of nitrogens with zero attached hydrogens (tertiary/aromatic N) is 1. The molecule has 0 spiro atoms. The Morgan fingerprint density at radius 3 is 2.71 bits per heavy atom. The number of halogens is 2. The van der Waals surface area contributed by atoms with Crippen LogP contribution in [0.25, 0.3) is 22.0 Å². The first-order chi connectivity index (χ1) is 11.5. The molecule has 0 saturated heterocycles. The van der Waals surface area contributed by atoms with Crippen LogP contribution in [0.1, 0.15) is 12.8 Å². The molecule has 24 heavy (non-hydrogen) atoms. The van der Waals surface area contributed by atoms with Gasteiger partial charge < -0.3 is 19.9 Å². The molecule has 2 heterocycles. The standard InChI is InChI=1S/C16H15Cl2N3O3/c17-10-3-13(24-12-2-8(22)1-11(12)23)14-9(7-4-20-21-5-7)6-19-16(14)15(10)18/h3-6,8,11-12,19,22-23H,1-2H2,(H,20,21). The highest BCUT2D eigenvalue weighted by molar-refractivity contribution is 6.45. The summed E-state index contributed by atoms with van der Waals surface area (Å²) < 4.78 is 6.00. The highest BCUT2D eigenvalue weighted by Gasteiger charge is 2.34. The second-order valence-corrected chi connectivity index (χ2v) is 6.74. The third-order valence-electron chi connectivity index (χ3n) is 4.35. The molecule has 1 aliphatic carbocycles. The number of nitrogens with one attached hydrogen (secondary N) is 2. The predicted molar refractivity (Wildman–Crippen MR) is 91.6 cm³/mol. The second-order valence-electron chi connectivity index (χ2n) is 5.96. The van der Waals surface area contributed by atoms with Gasteiger partial charge in [-0.15, -0.1) is 0 Å². The molecule has 126 valence electrons. The van der Waals surface area contributed by atoms with Crippen molar-refractivity contribution in [3.8, 4) is 16.9 Å². The predicted octanol–water partition coefficient (Wildman–Crippen LogP) is 3.13. The minimum Gasteiger partial charge on any atom is -0.487 e. The normalized spacial score (nSPS) is 23.9. The SMILES string of the molecule is OC1CC(O)C(Oc2cc(Cl)c(Cl)c3[nH]cc(-c4cn[nH]c4)c23)C1. The molecule has 6 nitrogen and oxygen atoms in total. The highest BCUT2D eigenvalue weighted by atomic mass is 35.5. The summed E-state index contributed by atoms with van der Waals surface area (Å²) in [6.07, 6.45) is 4.17. The second kappa shape index (κ2) is 5.97. The number of benzene rings is 1. The monoisotopic (exact) mass is 367 g/mol. The minimum atomic E-state index is -0.721. The van der Waals surface area contributed by atoms with E-state index in [9.17, 15) is 10.2 Å². The van der Waals surface area contributed by atoms with E-state index < -0.39 is 18.3 Å². The van der Waals surface area contributed by atoms with Gasteiger partial charge in [0.05, 0.1) is 39.4 Å².